The number of carbonyl (C=O) groups excluding carboxylic acids is 3. The van der Waals surface area contributed by atoms with Crippen molar-refractivity contribution < 1.29 is 14.4 Å². The molecule has 0 radical (unpaired) electrons. The van der Waals surface area contributed by atoms with Gasteiger partial charge in [-0.3, -0.25) is 14.4 Å². The zero-order valence-electron chi connectivity index (χ0n) is 16.6. The van der Waals surface area contributed by atoms with Gasteiger partial charge in [-0.25, -0.2) is 4.98 Å². The van der Waals surface area contributed by atoms with Crippen molar-refractivity contribution in [2.24, 2.45) is 5.92 Å². The molecule has 9 heteroatoms. The van der Waals surface area contributed by atoms with Crippen molar-refractivity contribution in [1.29, 1.82) is 0 Å². The highest BCUT2D eigenvalue weighted by atomic mass is 35.5. The summed E-state index contributed by atoms with van der Waals surface area (Å²) in [6, 6.07) is 14.4. The quantitative estimate of drug-likeness (QED) is 0.597. The Balaban J connectivity index is 1.41. The number of thiazole rings is 1. The number of anilines is 3. The third-order valence-electron chi connectivity index (χ3n) is 4.87. The number of halogens is 1. The molecular formula is C22H19ClN4O3S. The molecule has 3 amide bonds. The standard InChI is InChI=1S/C22H19ClN4O3S/c1-13(28)24-16-8-6-14(7-9-16)18-12-31-22(25-18)26-21(30)15-10-20(29)27(11-15)19-5-3-2-4-17(19)23/h2-9,12,15H,10-11H2,1H3,(H,24,28)(H,25,26,30). The van der Waals surface area contributed by atoms with Crippen LogP contribution in [0.4, 0.5) is 16.5 Å². The van der Waals surface area contributed by atoms with Crippen molar-refractivity contribution in [3.8, 4) is 11.3 Å². The van der Waals surface area contributed by atoms with Crippen LogP contribution in [0.15, 0.2) is 53.9 Å². The molecule has 3 aromatic rings. The maximum absolute atomic E-state index is 12.7. The van der Waals surface area contributed by atoms with E-state index in [9.17, 15) is 14.4 Å². The minimum Gasteiger partial charge on any atom is -0.326 e. The average molecular weight is 455 g/mol. The molecule has 0 aliphatic carbocycles. The number of para-hydroxylation sites is 1. The van der Waals surface area contributed by atoms with Crippen LogP contribution in [0.2, 0.25) is 5.02 Å². The Hall–Kier alpha value is -3.23. The maximum Gasteiger partial charge on any atom is 0.231 e. The molecular weight excluding hydrogens is 436 g/mol. The second-order valence-electron chi connectivity index (χ2n) is 7.14. The van der Waals surface area contributed by atoms with Crippen LogP contribution in [0.5, 0.6) is 0 Å². The van der Waals surface area contributed by atoms with Gasteiger partial charge in [0.15, 0.2) is 5.13 Å². The highest BCUT2D eigenvalue weighted by molar-refractivity contribution is 7.14. The summed E-state index contributed by atoms with van der Waals surface area (Å²) >= 11 is 7.51. The van der Waals surface area contributed by atoms with Crippen molar-refractivity contribution in [2.45, 2.75) is 13.3 Å². The van der Waals surface area contributed by atoms with Gasteiger partial charge >= 0.3 is 0 Å². The SMILES string of the molecule is CC(=O)Nc1ccc(-c2csc(NC(=O)C3CC(=O)N(c4ccccc4Cl)C3)n2)cc1. The lowest BCUT2D eigenvalue weighted by molar-refractivity contribution is -0.122. The number of carbonyl (C=O) groups is 3. The highest BCUT2D eigenvalue weighted by Crippen LogP contribution is 2.32. The Morgan fingerprint density at radius 2 is 1.87 bits per heavy atom. The summed E-state index contributed by atoms with van der Waals surface area (Å²) in [5.74, 6) is -0.991. The molecule has 2 N–H and O–H groups in total. The number of nitrogens with one attached hydrogen (secondary N) is 2. The van der Waals surface area contributed by atoms with E-state index >= 15 is 0 Å². The van der Waals surface area contributed by atoms with E-state index in [0.29, 0.717) is 21.5 Å². The fraction of sp³-hybridized carbons (Fsp3) is 0.182. The van der Waals surface area contributed by atoms with Gasteiger partial charge in [0, 0.05) is 36.5 Å². The first-order valence-electron chi connectivity index (χ1n) is 9.60. The first kappa shape index (κ1) is 21.0. The second kappa shape index (κ2) is 8.87. The molecule has 1 atom stereocenters. The van der Waals surface area contributed by atoms with Gasteiger partial charge < -0.3 is 15.5 Å². The predicted octanol–water partition coefficient (Wildman–Crippen LogP) is 4.41. The number of aromatic nitrogens is 1. The molecule has 1 saturated heterocycles. The molecule has 0 bridgehead atoms. The number of nitrogens with zero attached hydrogens (tertiary/aromatic N) is 2. The van der Waals surface area contributed by atoms with Gasteiger partial charge in [-0.2, -0.15) is 0 Å². The highest BCUT2D eigenvalue weighted by Gasteiger charge is 2.36. The van der Waals surface area contributed by atoms with Crippen molar-refractivity contribution in [3.63, 3.8) is 0 Å². The average Bonchev–Trinajstić information content (AvgIpc) is 3.35. The van der Waals surface area contributed by atoms with Crippen molar-refractivity contribution in [2.75, 3.05) is 22.1 Å². The fourth-order valence-electron chi connectivity index (χ4n) is 3.39. The van der Waals surface area contributed by atoms with E-state index in [4.69, 9.17) is 11.6 Å². The van der Waals surface area contributed by atoms with E-state index in [1.54, 1.807) is 35.2 Å². The van der Waals surface area contributed by atoms with Crippen molar-refractivity contribution >= 4 is 57.2 Å². The molecule has 2 heterocycles. The van der Waals surface area contributed by atoms with Crippen molar-refractivity contribution in [3.05, 3.63) is 58.9 Å². The van der Waals surface area contributed by atoms with Crippen LogP contribution in [-0.4, -0.2) is 29.3 Å². The Morgan fingerprint density at radius 1 is 1.13 bits per heavy atom. The lowest BCUT2D eigenvalue weighted by Gasteiger charge is -2.17. The third kappa shape index (κ3) is 4.76. The predicted molar refractivity (Wildman–Crippen MR) is 122 cm³/mol. The summed E-state index contributed by atoms with van der Waals surface area (Å²) in [6.45, 7) is 1.73. The minimum absolute atomic E-state index is 0.125. The molecule has 1 fully saturated rings. The van der Waals surface area contributed by atoms with Crippen LogP contribution in [0.3, 0.4) is 0 Å². The molecule has 1 unspecified atom stereocenters. The van der Waals surface area contributed by atoms with Crippen LogP contribution >= 0.6 is 22.9 Å². The smallest absolute Gasteiger partial charge is 0.231 e. The van der Waals surface area contributed by atoms with Crippen LogP contribution in [0.1, 0.15) is 13.3 Å². The summed E-state index contributed by atoms with van der Waals surface area (Å²) in [5, 5.41) is 8.32. The van der Waals surface area contributed by atoms with E-state index in [1.165, 1.54) is 18.3 Å². The topological polar surface area (TPSA) is 91.4 Å². The monoisotopic (exact) mass is 454 g/mol. The summed E-state index contributed by atoms with van der Waals surface area (Å²) in [4.78, 5) is 42.3. The number of amides is 3. The minimum atomic E-state index is -0.479. The molecule has 4 rings (SSSR count). The molecule has 0 saturated carbocycles. The maximum atomic E-state index is 12.7. The molecule has 0 spiro atoms. The lowest BCUT2D eigenvalue weighted by atomic mass is 10.1. The van der Waals surface area contributed by atoms with Crippen LogP contribution in [0.25, 0.3) is 11.3 Å². The van der Waals surface area contributed by atoms with Gasteiger partial charge in [0.2, 0.25) is 17.7 Å². The first-order valence-corrected chi connectivity index (χ1v) is 10.9. The number of rotatable bonds is 5. The third-order valence-corrected chi connectivity index (χ3v) is 5.95. The van der Waals surface area contributed by atoms with Gasteiger partial charge in [-0.1, -0.05) is 35.9 Å². The van der Waals surface area contributed by atoms with Gasteiger partial charge in [0.05, 0.1) is 22.3 Å². The van der Waals surface area contributed by atoms with E-state index in [2.05, 4.69) is 15.6 Å². The summed E-state index contributed by atoms with van der Waals surface area (Å²) in [7, 11) is 0. The Bertz CT molecular complexity index is 1150. The normalized spacial score (nSPS) is 15.7. The van der Waals surface area contributed by atoms with Crippen LogP contribution in [-0.2, 0) is 14.4 Å². The van der Waals surface area contributed by atoms with Gasteiger partial charge in [0.25, 0.3) is 0 Å². The van der Waals surface area contributed by atoms with Crippen LogP contribution < -0.4 is 15.5 Å². The number of benzene rings is 2. The van der Waals surface area contributed by atoms with Gasteiger partial charge in [0.1, 0.15) is 0 Å². The molecule has 1 aromatic heterocycles. The van der Waals surface area contributed by atoms with Gasteiger partial charge in [-0.15, -0.1) is 11.3 Å². The van der Waals surface area contributed by atoms with E-state index < -0.39 is 5.92 Å². The first-order chi connectivity index (χ1) is 14.9. The van der Waals surface area contributed by atoms with E-state index in [0.717, 1.165) is 11.3 Å². The summed E-state index contributed by atoms with van der Waals surface area (Å²) < 4.78 is 0. The second-order valence-corrected chi connectivity index (χ2v) is 8.41. The van der Waals surface area contributed by atoms with Crippen LogP contribution in [0, 0.1) is 5.92 Å². The molecule has 1 aliphatic rings. The molecule has 31 heavy (non-hydrogen) atoms. The molecule has 158 valence electrons. The Labute approximate surface area is 188 Å². The zero-order valence-corrected chi connectivity index (χ0v) is 18.2. The van der Waals surface area contributed by atoms with Gasteiger partial charge in [-0.05, 0) is 24.3 Å². The van der Waals surface area contributed by atoms with E-state index in [-0.39, 0.29) is 30.7 Å². The summed E-state index contributed by atoms with van der Waals surface area (Å²) in [5.41, 5.74) is 2.90. The van der Waals surface area contributed by atoms with E-state index in [1.807, 2.05) is 23.6 Å². The molecule has 2 aromatic carbocycles. The Morgan fingerprint density at radius 3 is 2.58 bits per heavy atom. The molecule has 7 nitrogen and oxygen atoms in total. The number of hydrogen-bond acceptors (Lipinski definition) is 5. The number of hydrogen-bond donors (Lipinski definition) is 2. The zero-order chi connectivity index (χ0) is 22.0. The fourth-order valence-corrected chi connectivity index (χ4v) is 4.35. The lowest BCUT2D eigenvalue weighted by Crippen LogP contribution is -2.28. The Kier molecular flexibility index (Phi) is 6.01. The van der Waals surface area contributed by atoms with Crippen molar-refractivity contribution in [1.82, 2.24) is 4.98 Å². The molecule has 1 aliphatic heterocycles. The largest absolute Gasteiger partial charge is 0.326 e. The summed E-state index contributed by atoms with van der Waals surface area (Å²) in [6.07, 6.45) is 0.125.